The first-order chi connectivity index (χ1) is 14.8. The van der Waals surface area contributed by atoms with E-state index in [1.54, 1.807) is 36.6 Å². The Morgan fingerprint density at radius 2 is 2.23 bits per heavy atom. The van der Waals surface area contributed by atoms with Crippen molar-refractivity contribution in [1.82, 2.24) is 4.57 Å². The Bertz CT molecular complexity index is 1390. The summed E-state index contributed by atoms with van der Waals surface area (Å²) in [5.41, 5.74) is 1.15. The van der Waals surface area contributed by atoms with Gasteiger partial charge in [-0.1, -0.05) is 33.3 Å². The number of allylic oxidation sites excluding steroid dienone is 1. The Labute approximate surface area is 207 Å². The summed E-state index contributed by atoms with van der Waals surface area (Å²) in [5.74, 6) is -0.372. The zero-order valence-corrected chi connectivity index (χ0v) is 21.8. The van der Waals surface area contributed by atoms with Gasteiger partial charge in [0.15, 0.2) is 4.80 Å². The van der Waals surface area contributed by atoms with Crippen molar-refractivity contribution >= 4 is 73.2 Å². The predicted octanol–water partition coefficient (Wildman–Crippen LogP) is 3.93. The van der Waals surface area contributed by atoms with Gasteiger partial charge < -0.3 is 9.84 Å². The van der Waals surface area contributed by atoms with Gasteiger partial charge in [-0.2, -0.15) is 0 Å². The van der Waals surface area contributed by atoms with Crippen LogP contribution in [0.15, 0.2) is 55.2 Å². The molecule has 6 nitrogen and oxygen atoms in total. The van der Waals surface area contributed by atoms with Crippen molar-refractivity contribution in [2.24, 2.45) is 4.99 Å². The number of fused-ring (bicyclic) bond motifs is 1. The third-order valence-corrected chi connectivity index (χ3v) is 7.86. The van der Waals surface area contributed by atoms with Crippen LogP contribution in [0, 0.1) is 3.57 Å². The second kappa shape index (κ2) is 9.00. The molecule has 1 aliphatic rings. The molecule has 1 atom stereocenters. The van der Waals surface area contributed by atoms with Crippen LogP contribution in [0.3, 0.4) is 0 Å². The second-order valence-electron chi connectivity index (χ2n) is 6.64. The van der Waals surface area contributed by atoms with Gasteiger partial charge in [-0.05, 0) is 66.1 Å². The molecular formula is C21H16BrIN2O4S2. The lowest BCUT2D eigenvalue weighted by Crippen LogP contribution is -2.39. The molecule has 0 unspecified atom stereocenters. The van der Waals surface area contributed by atoms with Crippen molar-refractivity contribution < 1.29 is 14.6 Å². The number of rotatable bonds is 4. The van der Waals surface area contributed by atoms with E-state index in [0.29, 0.717) is 29.7 Å². The lowest BCUT2D eigenvalue weighted by atomic mass is 10.0. The number of aromatic hydroxyl groups is 1. The number of nitrogens with zero attached hydrogens (tertiary/aromatic N) is 2. The summed E-state index contributed by atoms with van der Waals surface area (Å²) in [6.07, 6.45) is 1.65. The maximum atomic E-state index is 13.5. The molecule has 1 aliphatic heterocycles. The largest absolute Gasteiger partial charge is 0.506 e. The number of phenols is 1. The Hall–Kier alpha value is -1.76. The molecule has 4 rings (SSSR count). The molecular weight excluding hydrogens is 615 g/mol. The van der Waals surface area contributed by atoms with E-state index in [9.17, 15) is 14.7 Å². The van der Waals surface area contributed by atoms with Crippen molar-refractivity contribution in [1.29, 1.82) is 0 Å². The quantitative estimate of drug-likeness (QED) is 0.350. The normalized spacial score (nSPS) is 16.3. The van der Waals surface area contributed by atoms with E-state index in [4.69, 9.17) is 4.74 Å². The Kier molecular flexibility index (Phi) is 6.52. The van der Waals surface area contributed by atoms with Gasteiger partial charge >= 0.3 is 5.97 Å². The number of esters is 1. The lowest BCUT2D eigenvalue weighted by Gasteiger charge is -2.23. The molecule has 0 amide bonds. The zero-order chi connectivity index (χ0) is 22.3. The first-order valence-corrected chi connectivity index (χ1v) is 12.8. The van der Waals surface area contributed by atoms with Crippen LogP contribution in [0.25, 0.3) is 6.08 Å². The minimum atomic E-state index is -0.603. The van der Waals surface area contributed by atoms with E-state index in [2.05, 4.69) is 20.9 Å². The van der Waals surface area contributed by atoms with Crippen LogP contribution in [0.2, 0.25) is 0 Å². The smallest absolute Gasteiger partial charge is 0.338 e. The summed E-state index contributed by atoms with van der Waals surface area (Å²) >= 11 is 8.16. The van der Waals surface area contributed by atoms with Crippen molar-refractivity contribution in [3.05, 3.63) is 79.1 Å². The molecule has 2 aromatic heterocycles. The number of carbonyl (C=O) groups excluding carboxylic acids is 1. The Morgan fingerprint density at radius 1 is 1.45 bits per heavy atom. The number of halogens is 2. The van der Waals surface area contributed by atoms with E-state index < -0.39 is 12.0 Å². The molecule has 1 N–H and O–H groups in total. The molecule has 0 radical (unpaired) electrons. The number of hydrogen-bond acceptors (Lipinski definition) is 7. The first kappa shape index (κ1) is 22.4. The fraction of sp³-hybridized carbons (Fsp3) is 0.190. The highest BCUT2D eigenvalue weighted by Gasteiger charge is 2.33. The topological polar surface area (TPSA) is 80.9 Å². The summed E-state index contributed by atoms with van der Waals surface area (Å²) in [7, 11) is 0. The SMILES string of the molecule is CCOC(=O)C1=C(C)N=c2s/c(=C/c3cc(Br)cc(I)c3O)c(=O)n2[C@H]1c1cccs1. The molecule has 1 aromatic carbocycles. The zero-order valence-electron chi connectivity index (χ0n) is 16.4. The average Bonchev–Trinajstić information content (AvgIpc) is 3.34. The molecule has 160 valence electrons. The molecule has 0 saturated carbocycles. The number of thiazole rings is 1. The van der Waals surface area contributed by atoms with Crippen LogP contribution in [-0.2, 0) is 9.53 Å². The van der Waals surface area contributed by atoms with Gasteiger partial charge in [0, 0.05) is 14.9 Å². The van der Waals surface area contributed by atoms with E-state index in [0.717, 1.165) is 9.35 Å². The van der Waals surface area contributed by atoms with Crippen molar-refractivity contribution in [3.8, 4) is 5.75 Å². The van der Waals surface area contributed by atoms with Crippen molar-refractivity contribution in [2.75, 3.05) is 6.61 Å². The van der Waals surface area contributed by atoms with Gasteiger partial charge in [-0.15, -0.1) is 11.3 Å². The van der Waals surface area contributed by atoms with E-state index in [-0.39, 0.29) is 17.9 Å². The maximum Gasteiger partial charge on any atom is 0.338 e. The summed E-state index contributed by atoms with van der Waals surface area (Å²) in [5, 5.41) is 12.3. The van der Waals surface area contributed by atoms with Crippen LogP contribution < -0.4 is 14.9 Å². The minimum absolute atomic E-state index is 0.104. The van der Waals surface area contributed by atoms with Crippen molar-refractivity contribution in [3.63, 3.8) is 0 Å². The lowest BCUT2D eigenvalue weighted by molar-refractivity contribution is -0.139. The average molecular weight is 631 g/mol. The van der Waals surface area contributed by atoms with E-state index >= 15 is 0 Å². The fourth-order valence-electron chi connectivity index (χ4n) is 3.34. The fourth-order valence-corrected chi connectivity index (χ4v) is 6.76. The molecule has 0 saturated heterocycles. The minimum Gasteiger partial charge on any atom is -0.506 e. The summed E-state index contributed by atoms with van der Waals surface area (Å²) in [4.78, 5) is 32.1. The summed E-state index contributed by atoms with van der Waals surface area (Å²) in [6.45, 7) is 3.74. The third-order valence-electron chi connectivity index (χ3n) is 4.67. The van der Waals surface area contributed by atoms with Crippen molar-refractivity contribution in [2.45, 2.75) is 19.9 Å². The number of carbonyl (C=O) groups is 1. The molecule has 0 spiro atoms. The van der Waals surface area contributed by atoms with Crippen LogP contribution in [0.1, 0.15) is 30.3 Å². The number of benzene rings is 1. The van der Waals surface area contributed by atoms with Crippen LogP contribution in [-0.4, -0.2) is 22.2 Å². The van der Waals surface area contributed by atoms with Gasteiger partial charge in [0.25, 0.3) is 5.56 Å². The summed E-state index contributed by atoms with van der Waals surface area (Å²) < 4.78 is 8.70. The van der Waals surface area contributed by atoms with Gasteiger partial charge in [0.1, 0.15) is 11.8 Å². The van der Waals surface area contributed by atoms with Crippen LogP contribution in [0.5, 0.6) is 5.75 Å². The molecule has 31 heavy (non-hydrogen) atoms. The number of aromatic nitrogens is 1. The standard InChI is InChI=1S/C21H16BrIN2O4S2/c1-3-29-20(28)16-10(2)24-21-25(17(16)14-5-4-6-30-14)19(27)15(31-21)8-11-7-12(22)9-13(23)18(11)26/h4-9,17,26H,3H2,1-2H3/b15-8+/t17-/m0/s1. The number of hydrogen-bond donors (Lipinski definition) is 1. The van der Waals surface area contributed by atoms with Crippen LogP contribution in [0.4, 0.5) is 0 Å². The highest BCUT2D eigenvalue weighted by atomic mass is 127. The molecule has 3 heterocycles. The van der Waals surface area contributed by atoms with Gasteiger partial charge in [0.2, 0.25) is 0 Å². The maximum absolute atomic E-state index is 13.5. The molecule has 10 heteroatoms. The Balaban J connectivity index is 1.97. The highest BCUT2D eigenvalue weighted by molar-refractivity contribution is 14.1. The van der Waals surface area contributed by atoms with E-state index in [1.807, 2.05) is 40.1 Å². The number of thiophene rings is 1. The van der Waals surface area contributed by atoms with Gasteiger partial charge in [0.05, 0.1) is 26.0 Å². The van der Waals surface area contributed by atoms with Crippen LogP contribution >= 0.6 is 61.2 Å². The Morgan fingerprint density at radius 3 is 2.90 bits per heavy atom. The number of phenolic OH excluding ortho intramolecular Hbond substituents is 1. The molecule has 0 fully saturated rings. The second-order valence-corrected chi connectivity index (χ2v) is 10.7. The summed E-state index contributed by atoms with van der Waals surface area (Å²) in [6, 6.07) is 6.72. The van der Waals surface area contributed by atoms with E-state index in [1.165, 1.54) is 22.7 Å². The van der Waals surface area contributed by atoms with Gasteiger partial charge in [-0.25, -0.2) is 9.79 Å². The molecule has 0 bridgehead atoms. The van der Waals surface area contributed by atoms with Gasteiger partial charge in [-0.3, -0.25) is 9.36 Å². The molecule has 0 aliphatic carbocycles. The highest BCUT2D eigenvalue weighted by Crippen LogP contribution is 2.33. The predicted molar refractivity (Wildman–Crippen MR) is 133 cm³/mol. The number of ether oxygens (including phenoxy) is 1. The first-order valence-electron chi connectivity index (χ1n) is 9.23. The molecule has 3 aromatic rings. The third kappa shape index (κ3) is 4.18. The monoisotopic (exact) mass is 630 g/mol.